The minimum absolute atomic E-state index is 0.0916. The van der Waals surface area contributed by atoms with E-state index in [0.29, 0.717) is 24.2 Å². The number of nitrogens with zero attached hydrogens (tertiary/aromatic N) is 1. The zero-order chi connectivity index (χ0) is 19.2. The number of esters is 1. The molecule has 1 aliphatic rings. The molecule has 1 saturated heterocycles. The maximum atomic E-state index is 12.1. The van der Waals surface area contributed by atoms with Crippen LogP contribution in [0, 0.1) is 0 Å². The van der Waals surface area contributed by atoms with Gasteiger partial charge in [-0.1, -0.05) is 19.1 Å². The van der Waals surface area contributed by atoms with E-state index in [0.717, 1.165) is 18.5 Å². The normalized spacial score (nSPS) is 13.5. The van der Waals surface area contributed by atoms with Crippen molar-refractivity contribution in [3.05, 3.63) is 59.7 Å². The second-order valence-electron chi connectivity index (χ2n) is 6.37. The van der Waals surface area contributed by atoms with Crippen molar-refractivity contribution in [3.63, 3.8) is 0 Å². The highest BCUT2D eigenvalue weighted by atomic mass is 16.5. The number of hydrogen-bond acceptors (Lipinski definition) is 4. The fourth-order valence-corrected chi connectivity index (χ4v) is 2.93. The van der Waals surface area contributed by atoms with Gasteiger partial charge in [0.15, 0.2) is 6.61 Å². The number of rotatable bonds is 6. The predicted octanol–water partition coefficient (Wildman–Crippen LogP) is 3.17. The molecule has 0 radical (unpaired) electrons. The Balaban J connectivity index is 1.50. The first-order chi connectivity index (χ1) is 13.1. The number of carbonyl (C=O) groups is 3. The van der Waals surface area contributed by atoms with Crippen LogP contribution in [0.15, 0.2) is 48.5 Å². The number of ether oxygens (including phenoxy) is 1. The number of benzene rings is 2. The Hall–Kier alpha value is -3.15. The molecule has 6 heteroatoms. The van der Waals surface area contributed by atoms with E-state index in [2.05, 4.69) is 12.2 Å². The number of amides is 2. The van der Waals surface area contributed by atoms with Crippen molar-refractivity contribution in [1.82, 2.24) is 0 Å². The van der Waals surface area contributed by atoms with E-state index in [9.17, 15) is 14.4 Å². The van der Waals surface area contributed by atoms with E-state index >= 15 is 0 Å². The largest absolute Gasteiger partial charge is 0.452 e. The van der Waals surface area contributed by atoms with Gasteiger partial charge in [0.2, 0.25) is 5.91 Å². The topological polar surface area (TPSA) is 75.7 Å². The van der Waals surface area contributed by atoms with Gasteiger partial charge < -0.3 is 15.0 Å². The van der Waals surface area contributed by atoms with Gasteiger partial charge in [-0.25, -0.2) is 4.79 Å². The van der Waals surface area contributed by atoms with Gasteiger partial charge in [0.05, 0.1) is 5.56 Å². The Morgan fingerprint density at radius 1 is 1.07 bits per heavy atom. The molecular weight excluding hydrogens is 344 g/mol. The number of anilines is 2. The highest BCUT2D eigenvalue weighted by Crippen LogP contribution is 2.21. The Morgan fingerprint density at radius 2 is 1.78 bits per heavy atom. The van der Waals surface area contributed by atoms with Crippen LogP contribution in [0.2, 0.25) is 0 Å². The fourth-order valence-electron chi connectivity index (χ4n) is 2.93. The Kier molecular flexibility index (Phi) is 5.86. The predicted molar refractivity (Wildman–Crippen MR) is 103 cm³/mol. The van der Waals surface area contributed by atoms with Crippen molar-refractivity contribution in [1.29, 1.82) is 0 Å². The molecule has 0 spiro atoms. The van der Waals surface area contributed by atoms with Crippen LogP contribution in [0.1, 0.15) is 35.7 Å². The lowest BCUT2D eigenvalue weighted by Gasteiger charge is -2.15. The Bertz CT molecular complexity index is 828. The van der Waals surface area contributed by atoms with Gasteiger partial charge in [-0.2, -0.15) is 0 Å². The lowest BCUT2D eigenvalue weighted by Crippen LogP contribution is -2.23. The summed E-state index contributed by atoms with van der Waals surface area (Å²) in [5.41, 5.74) is 2.94. The highest BCUT2D eigenvalue weighted by Gasteiger charge is 2.21. The van der Waals surface area contributed by atoms with Gasteiger partial charge in [0.1, 0.15) is 0 Å². The van der Waals surface area contributed by atoms with Crippen LogP contribution < -0.4 is 10.2 Å². The molecule has 0 unspecified atom stereocenters. The van der Waals surface area contributed by atoms with Gasteiger partial charge in [0.25, 0.3) is 5.91 Å². The molecular formula is C21H22N2O4. The molecule has 6 nitrogen and oxygen atoms in total. The van der Waals surface area contributed by atoms with E-state index in [1.807, 2.05) is 24.3 Å². The first-order valence-electron chi connectivity index (χ1n) is 9.03. The number of carbonyl (C=O) groups excluding carboxylic acids is 3. The van der Waals surface area contributed by atoms with Gasteiger partial charge in [-0.3, -0.25) is 9.59 Å². The van der Waals surface area contributed by atoms with Gasteiger partial charge in [-0.05, 0) is 54.8 Å². The van der Waals surface area contributed by atoms with Crippen LogP contribution in [0.5, 0.6) is 0 Å². The molecule has 0 aromatic heterocycles. The van der Waals surface area contributed by atoms with E-state index in [4.69, 9.17) is 4.74 Å². The van der Waals surface area contributed by atoms with Crippen LogP contribution in [0.3, 0.4) is 0 Å². The molecule has 1 heterocycles. The molecule has 2 aromatic carbocycles. The van der Waals surface area contributed by atoms with E-state index in [1.54, 1.807) is 29.2 Å². The SMILES string of the molecule is CCc1ccc(NC(=O)COC(=O)c2ccc(N3CCCC3=O)cc2)cc1. The average Bonchev–Trinajstić information content (AvgIpc) is 3.13. The smallest absolute Gasteiger partial charge is 0.338 e. The summed E-state index contributed by atoms with van der Waals surface area (Å²) >= 11 is 0. The van der Waals surface area contributed by atoms with E-state index in [1.165, 1.54) is 5.56 Å². The fraction of sp³-hybridized carbons (Fsp3) is 0.286. The van der Waals surface area contributed by atoms with Crippen LogP contribution in [0.4, 0.5) is 11.4 Å². The first-order valence-corrected chi connectivity index (χ1v) is 9.03. The zero-order valence-corrected chi connectivity index (χ0v) is 15.2. The minimum Gasteiger partial charge on any atom is -0.452 e. The second-order valence-corrected chi connectivity index (χ2v) is 6.37. The molecule has 2 aromatic rings. The summed E-state index contributed by atoms with van der Waals surface area (Å²) in [7, 11) is 0. The monoisotopic (exact) mass is 366 g/mol. The van der Waals surface area contributed by atoms with Crippen LogP contribution in [0.25, 0.3) is 0 Å². The second kappa shape index (κ2) is 8.49. The third-order valence-electron chi connectivity index (χ3n) is 4.47. The summed E-state index contributed by atoms with van der Waals surface area (Å²) in [6, 6.07) is 14.1. The van der Waals surface area contributed by atoms with Crippen LogP contribution in [-0.2, 0) is 20.7 Å². The molecule has 0 bridgehead atoms. The average molecular weight is 366 g/mol. The van der Waals surface area contributed by atoms with Gasteiger partial charge in [0, 0.05) is 24.3 Å². The number of nitrogens with one attached hydrogen (secondary N) is 1. The molecule has 27 heavy (non-hydrogen) atoms. The maximum absolute atomic E-state index is 12.1. The third-order valence-corrected chi connectivity index (χ3v) is 4.47. The number of hydrogen-bond donors (Lipinski definition) is 1. The summed E-state index contributed by atoms with van der Waals surface area (Å²) in [5.74, 6) is -0.883. The molecule has 1 aliphatic heterocycles. The molecule has 1 fully saturated rings. The van der Waals surface area contributed by atoms with Crippen LogP contribution in [-0.4, -0.2) is 30.9 Å². The molecule has 0 saturated carbocycles. The standard InChI is InChI=1S/C21H22N2O4/c1-2-15-5-9-17(10-6-15)22-19(24)14-27-21(26)16-7-11-18(12-8-16)23-13-3-4-20(23)25/h5-12H,2-4,13-14H2,1H3,(H,22,24). The summed E-state index contributed by atoms with van der Waals surface area (Å²) in [5, 5.41) is 2.69. The van der Waals surface area contributed by atoms with Gasteiger partial charge >= 0.3 is 5.97 Å². The maximum Gasteiger partial charge on any atom is 0.338 e. The molecule has 3 rings (SSSR count). The summed E-state index contributed by atoms with van der Waals surface area (Å²) < 4.78 is 5.06. The minimum atomic E-state index is -0.578. The summed E-state index contributed by atoms with van der Waals surface area (Å²) in [6.45, 7) is 2.39. The Morgan fingerprint density at radius 3 is 2.37 bits per heavy atom. The molecule has 0 atom stereocenters. The number of aryl methyl sites for hydroxylation is 1. The van der Waals surface area contributed by atoms with Crippen molar-refractivity contribution in [2.45, 2.75) is 26.2 Å². The van der Waals surface area contributed by atoms with E-state index < -0.39 is 11.9 Å². The van der Waals surface area contributed by atoms with Gasteiger partial charge in [-0.15, -0.1) is 0 Å². The van der Waals surface area contributed by atoms with E-state index in [-0.39, 0.29) is 12.5 Å². The first kappa shape index (κ1) is 18.6. The molecule has 140 valence electrons. The van der Waals surface area contributed by atoms with Crippen molar-refractivity contribution in [2.24, 2.45) is 0 Å². The highest BCUT2D eigenvalue weighted by molar-refractivity contribution is 5.97. The lowest BCUT2D eigenvalue weighted by molar-refractivity contribution is -0.119. The molecule has 1 N–H and O–H groups in total. The zero-order valence-electron chi connectivity index (χ0n) is 15.2. The van der Waals surface area contributed by atoms with Crippen LogP contribution >= 0.6 is 0 Å². The Labute approximate surface area is 158 Å². The quantitative estimate of drug-likeness (QED) is 0.797. The summed E-state index contributed by atoms with van der Waals surface area (Å²) in [4.78, 5) is 37.5. The summed E-state index contributed by atoms with van der Waals surface area (Å²) in [6.07, 6.45) is 2.33. The lowest BCUT2D eigenvalue weighted by atomic mass is 10.1. The van der Waals surface area contributed by atoms with Crippen molar-refractivity contribution < 1.29 is 19.1 Å². The third kappa shape index (κ3) is 4.73. The molecule has 2 amide bonds. The molecule has 0 aliphatic carbocycles. The van der Waals surface area contributed by atoms with Crippen molar-refractivity contribution in [2.75, 3.05) is 23.4 Å². The van der Waals surface area contributed by atoms with Crippen molar-refractivity contribution >= 4 is 29.2 Å². The van der Waals surface area contributed by atoms with Crippen molar-refractivity contribution in [3.8, 4) is 0 Å².